The van der Waals surface area contributed by atoms with Crippen molar-refractivity contribution >= 4 is 65.2 Å². The number of hydrogen-bond donors (Lipinski definition) is 0. The molecule has 6 aromatic carbocycles. The summed E-state index contributed by atoms with van der Waals surface area (Å²) in [4.78, 5) is 23.4. The lowest BCUT2D eigenvalue weighted by molar-refractivity contribution is 0.385. The van der Waals surface area contributed by atoms with Gasteiger partial charge in [0, 0.05) is 50.2 Å². The Hall–Kier alpha value is -6.96. The van der Waals surface area contributed by atoms with Crippen molar-refractivity contribution in [2.24, 2.45) is 15.9 Å². The summed E-state index contributed by atoms with van der Waals surface area (Å²) >= 11 is 1.74. The van der Waals surface area contributed by atoms with Crippen molar-refractivity contribution in [3.63, 3.8) is 0 Å². The zero-order valence-corrected chi connectivity index (χ0v) is 32.8. The van der Waals surface area contributed by atoms with Gasteiger partial charge in [0.15, 0.2) is 17.8 Å². The number of para-hydroxylation sites is 1. The Morgan fingerprint density at radius 1 is 0.690 bits per heavy atom. The van der Waals surface area contributed by atoms with Gasteiger partial charge in [-0.25, -0.2) is 20.0 Å². The molecule has 0 saturated carbocycles. The number of hydrogen-bond acceptors (Lipinski definition) is 7. The van der Waals surface area contributed by atoms with Crippen LogP contribution in [-0.2, 0) is 0 Å². The number of furan rings is 1. The third-order valence-corrected chi connectivity index (χ3v) is 12.5. The van der Waals surface area contributed by atoms with Crippen LogP contribution in [0, 0.1) is 5.92 Å². The van der Waals surface area contributed by atoms with Gasteiger partial charge in [0.25, 0.3) is 0 Å². The molecule has 1 aliphatic heterocycles. The fourth-order valence-electron chi connectivity index (χ4n) is 8.32. The number of allylic oxidation sites excluding steroid dienone is 2. The molecule has 0 saturated heterocycles. The van der Waals surface area contributed by atoms with Crippen molar-refractivity contribution in [2.45, 2.75) is 19.5 Å². The van der Waals surface area contributed by atoms with Gasteiger partial charge in [-0.2, -0.15) is 0 Å². The molecule has 3 aromatic heterocycles. The van der Waals surface area contributed by atoms with Crippen LogP contribution in [0.4, 0.5) is 0 Å². The molecule has 0 radical (unpaired) electrons. The zero-order valence-electron chi connectivity index (χ0n) is 32.0. The van der Waals surface area contributed by atoms with E-state index in [1.54, 1.807) is 11.3 Å². The lowest BCUT2D eigenvalue weighted by atomic mass is 9.97. The minimum atomic E-state index is -0.368. The predicted molar refractivity (Wildman–Crippen MR) is 240 cm³/mol. The van der Waals surface area contributed by atoms with Crippen molar-refractivity contribution < 1.29 is 4.42 Å². The highest BCUT2D eigenvalue weighted by Gasteiger charge is 2.30. The van der Waals surface area contributed by atoms with Crippen LogP contribution in [0.2, 0.25) is 0 Å². The van der Waals surface area contributed by atoms with Gasteiger partial charge in [-0.05, 0) is 41.7 Å². The van der Waals surface area contributed by atoms with Gasteiger partial charge in [0.05, 0.1) is 21.5 Å². The van der Waals surface area contributed by atoms with Crippen LogP contribution in [0.1, 0.15) is 30.6 Å². The van der Waals surface area contributed by atoms with E-state index in [-0.39, 0.29) is 6.17 Å². The van der Waals surface area contributed by atoms with Crippen molar-refractivity contribution in [2.75, 3.05) is 7.05 Å². The van der Waals surface area contributed by atoms with Gasteiger partial charge in [0.1, 0.15) is 17.0 Å². The van der Waals surface area contributed by atoms with Crippen molar-refractivity contribution in [1.29, 1.82) is 0 Å². The van der Waals surface area contributed by atoms with Crippen LogP contribution >= 0.6 is 11.3 Å². The van der Waals surface area contributed by atoms with Crippen molar-refractivity contribution in [3.05, 3.63) is 181 Å². The number of nitrogens with zero attached hydrogens (tertiary/aromatic N) is 5. The number of thiophene rings is 1. The molecule has 2 atom stereocenters. The number of fused-ring (bicyclic) bond motifs is 6. The second-order valence-corrected chi connectivity index (χ2v) is 16.1. The third-order valence-electron chi connectivity index (χ3n) is 11.3. The van der Waals surface area contributed by atoms with E-state index in [0.29, 0.717) is 11.7 Å². The summed E-state index contributed by atoms with van der Waals surface area (Å²) in [7, 11) is 2.09. The fourth-order valence-corrected chi connectivity index (χ4v) is 9.47. The van der Waals surface area contributed by atoms with E-state index in [1.807, 2.05) is 18.2 Å². The maximum Gasteiger partial charge on any atom is 0.164 e. The summed E-state index contributed by atoms with van der Waals surface area (Å²) in [5, 5.41) is 3.14. The first kappa shape index (κ1) is 34.3. The van der Waals surface area contributed by atoms with E-state index in [1.165, 1.54) is 10.3 Å². The Balaban J connectivity index is 1.07. The number of aliphatic imine (C=N–C) groups is 2. The normalized spacial score (nSPS) is 16.9. The van der Waals surface area contributed by atoms with Crippen LogP contribution in [0.3, 0.4) is 0 Å². The van der Waals surface area contributed by atoms with Gasteiger partial charge in [-0.3, -0.25) is 0 Å². The van der Waals surface area contributed by atoms with Crippen LogP contribution < -0.4 is 0 Å². The molecule has 0 N–H and O–H groups in total. The second kappa shape index (κ2) is 13.9. The molecule has 0 fully saturated rings. The molecule has 4 heterocycles. The Labute approximate surface area is 339 Å². The number of aromatic nitrogens is 2. The summed E-state index contributed by atoms with van der Waals surface area (Å²) < 4.78 is 9.12. The molecule has 0 bridgehead atoms. The van der Waals surface area contributed by atoms with Crippen LogP contribution in [-0.4, -0.2) is 33.6 Å². The third kappa shape index (κ3) is 5.77. The summed E-state index contributed by atoms with van der Waals surface area (Å²) in [6.07, 6.45) is 7.28. The minimum Gasteiger partial charge on any atom is -0.455 e. The molecule has 9 aromatic rings. The highest BCUT2D eigenvalue weighted by molar-refractivity contribution is 7.26. The Morgan fingerprint density at radius 2 is 1.40 bits per heavy atom. The predicted octanol–water partition coefficient (Wildman–Crippen LogP) is 13.1. The van der Waals surface area contributed by atoms with Gasteiger partial charge in [-0.15, -0.1) is 11.3 Å². The average molecular weight is 768 g/mol. The Kier molecular flexibility index (Phi) is 8.22. The minimum absolute atomic E-state index is 0.368. The standard InChI is InChI=1S/C51H37N5OS/c1-31-23-25-35(26-24-31)48-54-50(36-29-27-33(28-30-36)32-13-5-3-6-14-32)56(2)51(55-48)39-19-12-21-41-43(39)38-18-11-20-40(46(38)57-41)49-52-44(34-15-7-4-8-16-34)47-45(53-49)37-17-9-10-22-42(37)58-47/h3-23,25-31,51H,24H2,1-2H3. The number of amidine groups is 2. The monoisotopic (exact) mass is 767 g/mol. The smallest absolute Gasteiger partial charge is 0.164 e. The lowest BCUT2D eigenvalue weighted by Crippen LogP contribution is -2.36. The Morgan fingerprint density at radius 3 is 2.19 bits per heavy atom. The molecule has 6 nitrogen and oxygen atoms in total. The first-order chi connectivity index (χ1) is 28.6. The van der Waals surface area contributed by atoms with E-state index in [0.717, 1.165) is 94.7 Å². The molecule has 2 unspecified atom stereocenters. The van der Waals surface area contributed by atoms with Crippen molar-refractivity contribution in [1.82, 2.24) is 14.9 Å². The topological polar surface area (TPSA) is 66.9 Å². The van der Waals surface area contributed by atoms with Crippen LogP contribution in [0.5, 0.6) is 0 Å². The molecule has 1 aliphatic carbocycles. The summed E-state index contributed by atoms with van der Waals surface area (Å²) in [5.74, 6) is 2.71. The summed E-state index contributed by atoms with van der Waals surface area (Å²) in [5.41, 5.74) is 10.8. The molecule has 11 rings (SSSR count). The molecular weight excluding hydrogens is 731 g/mol. The van der Waals surface area contributed by atoms with E-state index < -0.39 is 0 Å². The van der Waals surface area contributed by atoms with Gasteiger partial charge in [-0.1, -0.05) is 153 Å². The quantitative estimate of drug-likeness (QED) is 0.169. The van der Waals surface area contributed by atoms with E-state index in [2.05, 4.69) is 164 Å². The highest BCUT2D eigenvalue weighted by Crippen LogP contribution is 2.43. The van der Waals surface area contributed by atoms with Crippen LogP contribution in [0.15, 0.2) is 184 Å². The highest BCUT2D eigenvalue weighted by atomic mass is 32.1. The SMILES string of the molecule is CC1C=CC(C2=NC(c3cccc4oc5c(-c6nc(-c7ccccc7)c7sc8ccccc8c7n6)cccc5c34)N(C)C(c3ccc(-c4ccccc4)cc3)=N2)=CC1. The van der Waals surface area contributed by atoms with Gasteiger partial charge in [0.2, 0.25) is 0 Å². The summed E-state index contributed by atoms with van der Waals surface area (Å²) in [6, 6.07) is 50.6. The first-order valence-corrected chi connectivity index (χ1v) is 20.5. The Bertz CT molecular complexity index is 3170. The molecule has 2 aliphatic rings. The number of benzene rings is 6. The largest absolute Gasteiger partial charge is 0.455 e. The second-order valence-electron chi connectivity index (χ2n) is 15.1. The van der Waals surface area contributed by atoms with Gasteiger partial charge < -0.3 is 9.32 Å². The molecular formula is C51H37N5OS. The maximum atomic E-state index is 6.86. The first-order valence-electron chi connectivity index (χ1n) is 19.7. The fraction of sp³-hybridized carbons (Fsp3) is 0.0980. The summed E-state index contributed by atoms with van der Waals surface area (Å²) in [6.45, 7) is 2.24. The van der Waals surface area contributed by atoms with Gasteiger partial charge >= 0.3 is 0 Å². The molecule has 0 spiro atoms. The molecule has 7 heteroatoms. The molecule has 0 amide bonds. The average Bonchev–Trinajstić information content (AvgIpc) is 3.86. The molecule has 58 heavy (non-hydrogen) atoms. The zero-order chi connectivity index (χ0) is 38.7. The van der Waals surface area contributed by atoms with Crippen LogP contribution in [0.25, 0.3) is 76.0 Å². The van der Waals surface area contributed by atoms with E-state index in [4.69, 9.17) is 24.4 Å². The van der Waals surface area contributed by atoms with E-state index >= 15 is 0 Å². The molecule has 278 valence electrons. The van der Waals surface area contributed by atoms with Crippen molar-refractivity contribution in [3.8, 4) is 33.8 Å². The maximum absolute atomic E-state index is 6.86. The lowest BCUT2D eigenvalue weighted by Gasteiger charge is -2.33. The van der Waals surface area contributed by atoms with E-state index in [9.17, 15) is 0 Å². The number of rotatable bonds is 6.